The van der Waals surface area contributed by atoms with Gasteiger partial charge in [0.15, 0.2) is 0 Å². The van der Waals surface area contributed by atoms with Crippen molar-refractivity contribution in [1.29, 1.82) is 0 Å². The van der Waals surface area contributed by atoms with Crippen LogP contribution in [-0.4, -0.2) is 12.3 Å². The second kappa shape index (κ2) is 5.69. The molecule has 2 rings (SSSR count). The molecule has 0 spiro atoms. The third-order valence-corrected chi connectivity index (χ3v) is 2.95. The van der Waals surface area contributed by atoms with Gasteiger partial charge in [-0.3, -0.25) is 0 Å². The van der Waals surface area contributed by atoms with Gasteiger partial charge in [0.1, 0.15) is 12.3 Å². The van der Waals surface area contributed by atoms with Gasteiger partial charge in [-0.1, -0.05) is 35.3 Å². The average Bonchev–Trinajstić information content (AvgIpc) is 2.30. The third-order valence-electron chi connectivity index (χ3n) is 2.95. The van der Waals surface area contributed by atoms with Gasteiger partial charge in [0, 0.05) is 5.56 Å². The Balaban J connectivity index is 1.84. The summed E-state index contributed by atoms with van der Waals surface area (Å²) >= 11 is 0. The molecule has 16 heavy (non-hydrogen) atoms. The summed E-state index contributed by atoms with van der Waals surface area (Å²) in [5.74, 6) is 0. The van der Waals surface area contributed by atoms with E-state index in [9.17, 15) is 0 Å². The maximum absolute atomic E-state index is 5.44. The largest absolute Gasteiger partial charge is 0.392 e. The normalized spacial score (nSPS) is 17.8. The molecule has 1 aromatic rings. The maximum atomic E-state index is 5.44. The Labute approximate surface area is 97.3 Å². The van der Waals surface area contributed by atoms with Crippen LogP contribution in [0.2, 0.25) is 0 Å². The maximum Gasteiger partial charge on any atom is 0.139 e. The van der Waals surface area contributed by atoms with E-state index in [1.807, 2.05) is 18.2 Å². The van der Waals surface area contributed by atoms with E-state index < -0.39 is 0 Å². The predicted octanol–water partition coefficient (Wildman–Crippen LogP) is 3.56. The van der Waals surface area contributed by atoms with Crippen LogP contribution in [0.15, 0.2) is 29.4 Å². The molecule has 0 amide bonds. The monoisotopic (exact) mass is 216 g/mol. The number of aryl methyl sites for hydroxylation is 1. The van der Waals surface area contributed by atoms with Gasteiger partial charge in [0.2, 0.25) is 0 Å². The molecule has 1 fully saturated rings. The van der Waals surface area contributed by atoms with Crippen LogP contribution >= 0.6 is 0 Å². The lowest BCUT2D eigenvalue weighted by Gasteiger charge is -2.18. The van der Waals surface area contributed by atoms with Crippen molar-refractivity contribution in [3.8, 4) is 0 Å². The molecule has 0 unspecified atom stereocenters. The summed E-state index contributed by atoms with van der Waals surface area (Å²) in [5, 5.41) is 3.96. The standard InChI is InChI=1S/C14H18NO/c1-12-6-5-7-13(10-12)11-15-16-14-8-3-2-4-9-14/h5-7,10,14H,2-4,8-9H2,1H3. The van der Waals surface area contributed by atoms with Crippen molar-refractivity contribution in [1.82, 2.24) is 0 Å². The molecule has 0 heterocycles. The van der Waals surface area contributed by atoms with Crippen LogP contribution in [0.4, 0.5) is 0 Å². The predicted molar refractivity (Wildman–Crippen MR) is 65.7 cm³/mol. The van der Waals surface area contributed by atoms with E-state index in [2.05, 4.69) is 24.4 Å². The van der Waals surface area contributed by atoms with Crippen molar-refractivity contribution in [2.75, 3.05) is 0 Å². The van der Waals surface area contributed by atoms with E-state index >= 15 is 0 Å². The Kier molecular flexibility index (Phi) is 3.97. The Hall–Kier alpha value is -1.31. The third kappa shape index (κ3) is 3.37. The highest BCUT2D eigenvalue weighted by Gasteiger charge is 2.13. The molecule has 0 aromatic heterocycles. The highest BCUT2D eigenvalue weighted by Crippen LogP contribution is 2.20. The highest BCUT2D eigenvalue weighted by molar-refractivity contribution is 5.79. The van der Waals surface area contributed by atoms with Gasteiger partial charge < -0.3 is 4.84 Å². The summed E-state index contributed by atoms with van der Waals surface area (Å²) < 4.78 is 0. The van der Waals surface area contributed by atoms with Gasteiger partial charge in [-0.2, -0.15) is 0 Å². The summed E-state index contributed by atoms with van der Waals surface area (Å²) in [7, 11) is 0. The van der Waals surface area contributed by atoms with Gasteiger partial charge >= 0.3 is 0 Å². The minimum atomic E-state index is 0.311. The van der Waals surface area contributed by atoms with Crippen LogP contribution in [0.5, 0.6) is 0 Å². The van der Waals surface area contributed by atoms with Crippen LogP contribution in [0.1, 0.15) is 43.2 Å². The van der Waals surface area contributed by atoms with Crippen LogP contribution in [0, 0.1) is 6.92 Å². The molecule has 2 nitrogen and oxygen atoms in total. The van der Waals surface area contributed by atoms with Crippen LogP contribution < -0.4 is 0 Å². The van der Waals surface area contributed by atoms with Gasteiger partial charge in [0.05, 0.1) is 0 Å². The molecule has 2 heteroatoms. The Morgan fingerprint density at radius 2 is 2.06 bits per heavy atom. The first kappa shape index (κ1) is 11.2. The lowest BCUT2D eigenvalue weighted by molar-refractivity contribution is 0.0340. The lowest BCUT2D eigenvalue weighted by atomic mass is 9.98. The van der Waals surface area contributed by atoms with Crippen molar-refractivity contribution in [2.24, 2.45) is 5.16 Å². The molecule has 1 aliphatic rings. The van der Waals surface area contributed by atoms with Crippen LogP contribution in [0.3, 0.4) is 0 Å². The van der Waals surface area contributed by atoms with Gasteiger partial charge in [-0.25, -0.2) is 0 Å². The van der Waals surface area contributed by atoms with E-state index in [0.717, 1.165) is 18.4 Å². The summed E-state index contributed by atoms with van der Waals surface area (Å²) in [6.07, 6.45) is 9.40. The zero-order valence-corrected chi connectivity index (χ0v) is 9.78. The number of rotatable bonds is 3. The molecule has 85 valence electrons. The summed E-state index contributed by atoms with van der Waals surface area (Å²) in [6.45, 7) is 2.06. The quantitative estimate of drug-likeness (QED) is 0.559. The second-order valence-electron chi connectivity index (χ2n) is 4.44. The average molecular weight is 216 g/mol. The molecule has 1 radical (unpaired) electrons. The molecule has 0 aliphatic heterocycles. The molecule has 1 aliphatic carbocycles. The van der Waals surface area contributed by atoms with E-state index in [1.165, 1.54) is 24.8 Å². The van der Waals surface area contributed by atoms with Crippen molar-refractivity contribution in [3.05, 3.63) is 35.4 Å². The van der Waals surface area contributed by atoms with Crippen molar-refractivity contribution >= 4 is 6.21 Å². The fourth-order valence-electron chi connectivity index (χ4n) is 2.04. The van der Waals surface area contributed by atoms with E-state index in [1.54, 1.807) is 0 Å². The van der Waals surface area contributed by atoms with Gasteiger partial charge in [-0.15, -0.1) is 0 Å². The Morgan fingerprint density at radius 3 is 2.81 bits per heavy atom. The molecule has 1 aromatic carbocycles. The Bertz CT molecular complexity index is 354. The van der Waals surface area contributed by atoms with Crippen molar-refractivity contribution in [3.63, 3.8) is 0 Å². The topological polar surface area (TPSA) is 21.6 Å². The molecular weight excluding hydrogens is 198 g/mol. The number of hydrogen-bond acceptors (Lipinski definition) is 2. The van der Waals surface area contributed by atoms with Crippen molar-refractivity contribution < 1.29 is 4.84 Å². The SMILES string of the molecule is Cc1cccc(/[C]=N/OC2CCCCC2)c1. The number of nitrogens with zero attached hydrogens (tertiary/aromatic N) is 1. The van der Waals surface area contributed by atoms with E-state index in [0.29, 0.717) is 6.10 Å². The number of benzene rings is 1. The van der Waals surface area contributed by atoms with Crippen molar-refractivity contribution in [2.45, 2.75) is 45.1 Å². The summed E-state index contributed by atoms with van der Waals surface area (Å²) in [6, 6.07) is 8.11. The van der Waals surface area contributed by atoms with E-state index in [4.69, 9.17) is 4.84 Å². The Morgan fingerprint density at radius 1 is 1.25 bits per heavy atom. The fourth-order valence-corrected chi connectivity index (χ4v) is 2.04. The molecule has 0 atom stereocenters. The van der Waals surface area contributed by atoms with Gasteiger partial charge in [-0.05, 0) is 38.7 Å². The van der Waals surface area contributed by atoms with E-state index in [-0.39, 0.29) is 0 Å². The van der Waals surface area contributed by atoms with Gasteiger partial charge in [0.25, 0.3) is 0 Å². The lowest BCUT2D eigenvalue weighted by Crippen LogP contribution is -2.13. The molecule has 0 N–H and O–H groups in total. The first-order chi connectivity index (χ1) is 7.84. The zero-order valence-electron chi connectivity index (χ0n) is 9.78. The minimum absolute atomic E-state index is 0.311. The highest BCUT2D eigenvalue weighted by atomic mass is 16.6. The summed E-state index contributed by atoms with van der Waals surface area (Å²) in [5.41, 5.74) is 2.20. The first-order valence-electron chi connectivity index (χ1n) is 6.03. The molecule has 0 saturated heterocycles. The summed E-state index contributed by atoms with van der Waals surface area (Å²) in [4.78, 5) is 5.44. The first-order valence-corrected chi connectivity index (χ1v) is 6.03. The minimum Gasteiger partial charge on any atom is -0.392 e. The molecule has 1 saturated carbocycles. The smallest absolute Gasteiger partial charge is 0.139 e. The van der Waals surface area contributed by atoms with Crippen LogP contribution in [-0.2, 0) is 4.84 Å². The number of hydrogen-bond donors (Lipinski definition) is 0. The second-order valence-corrected chi connectivity index (χ2v) is 4.44. The zero-order chi connectivity index (χ0) is 11.2. The fraction of sp³-hybridized carbons (Fsp3) is 0.500. The molecular formula is C14H18NO. The van der Waals surface area contributed by atoms with Crippen LogP contribution in [0.25, 0.3) is 0 Å². The molecule has 0 bridgehead atoms.